The smallest absolute Gasteiger partial charge is 0.0861 e. The Kier molecular flexibility index (Phi) is 8.33. The van der Waals surface area contributed by atoms with E-state index in [2.05, 4.69) is 63.3 Å². The van der Waals surface area contributed by atoms with E-state index < -0.39 is 12.2 Å². The van der Waals surface area contributed by atoms with Gasteiger partial charge < -0.3 is 10.2 Å². The number of rotatable bonds is 0. The molecular weight excluding hydrogens is 576 g/mol. The maximum Gasteiger partial charge on any atom is 0.0861 e. The predicted molar refractivity (Wildman–Crippen MR) is 178 cm³/mol. The number of hydrogen-bond acceptors (Lipinski definition) is 10. The zero-order valence-electron chi connectivity index (χ0n) is 28.6. The van der Waals surface area contributed by atoms with Crippen molar-refractivity contribution in [3.8, 4) is 0 Å². The van der Waals surface area contributed by atoms with Crippen LogP contribution in [0.15, 0.2) is 0 Å². The Bertz CT molecular complexity index is 1110. The molecule has 5 aliphatic heterocycles. The van der Waals surface area contributed by atoms with Gasteiger partial charge >= 0.3 is 0 Å². The summed E-state index contributed by atoms with van der Waals surface area (Å²) < 4.78 is 0. The molecule has 10 N–H and O–H groups in total. The Morgan fingerprint density at radius 3 is 0.978 bits per heavy atom. The number of aliphatic hydroxyl groups excluding tert-OH is 2. The summed E-state index contributed by atoms with van der Waals surface area (Å²) in [5.74, 6) is 4.01. The minimum absolute atomic E-state index is 0.0456. The molecule has 260 valence electrons. The maximum absolute atomic E-state index is 11.9. The molecule has 10 heteroatoms. The number of nitrogens with one attached hydrogen (secondary N) is 8. The van der Waals surface area contributed by atoms with Gasteiger partial charge in [-0.2, -0.15) is 0 Å². The maximum atomic E-state index is 11.9. The third kappa shape index (κ3) is 5.26. The average molecular weight is 641 g/mol. The first-order chi connectivity index (χ1) is 22.2. The first kappa shape index (κ1) is 31.6. The molecule has 9 aliphatic rings. The molecule has 10 nitrogen and oxygen atoms in total. The van der Waals surface area contributed by atoms with Crippen molar-refractivity contribution in [3.63, 3.8) is 0 Å². The highest BCUT2D eigenvalue weighted by molar-refractivity contribution is 5.11. The SMILES string of the molecule is CC(C)(C)C1CC2C3NC4NC(NC5NC(NC6NC(NC(N3)C2C(O)C1O)C1CCCCC61)C1CCCCC51)C1CCCCC41. The van der Waals surface area contributed by atoms with Crippen LogP contribution in [0.25, 0.3) is 0 Å². The van der Waals surface area contributed by atoms with Crippen molar-refractivity contribution in [3.05, 3.63) is 0 Å². The summed E-state index contributed by atoms with van der Waals surface area (Å²) in [4.78, 5) is 0. The van der Waals surface area contributed by atoms with E-state index in [9.17, 15) is 10.2 Å². The lowest BCUT2D eigenvalue weighted by molar-refractivity contribution is -0.125. The average Bonchev–Trinajstić information content (AvgIpc) is 3.77. The second kappa shape index (κ2) is 12.1. The van der Waals surface area contributed by atoms with Crippen LogP contribution >= 0.6 is 0 Å². The van der Waals surface area contributed by atoms with Gasteiger partial charge in [-0.15, -0.1) is 0 Å². The van der Waals surface area contributed by atoms with Crippen molar-refractivity contribution < 1.29 is 10.2 Å². The summed E-state index contributed by atoms with van der Waals surface area (Å²) in [6, 6.07) is 0. The van der Waals surface area contributed by atoms with Crippen molar-refractivity contribution in [1.82, 2.24) is 42.5 Å². The highest BCUT2D eigenvalue weighted by Crippen LogP contribution is 2.49. The first-order valence-corrected chi connectivity index (χ1v) is 19.7. The van der Waals surface area contributed by atoms with Crippen molar-refractivity contribution in [2.45, 2.75) is 166 Å². The van der Waals surface area contributed by atoms with Crippen LogP contribution in [0.1, 0.15) is 104 Å². The Hall–Kier alpha value is -0.400. The number of fused-ring (bicyclic) bond motifs is 20. The van der Waals surface area contributed by atoms with E-state index in [1.165, 1.54) is 77.0 Å². The molecule has 0 aromatic rings. The molecule has 4 aliphatic carbocycles. The van der Waals surface area contributed by atoms with Crippen LogP contribution in [-0.2, 0) is 0 Å². The van der Waals surface area contributed by atoms with E-state index in [0.29, 0.717) is 54.0 Å². The summed E-state index contributed by atoms with van der Waals surface area (Å²) in [6.07, 6.45) is 16.8. The summed E-state index contributed by atoms with van der Waals surface area (Å²) in [5.41, 5.74) is -0.0731. The topological polar surface area (TPSA) is 137 Å². The minimum Gasteiger partial charge on any atom is -0.390 e. The summed E-state index contributed by atoms with van der Waals surface area (Å²) in [5, 5.41) is 56.6. The van der Waals surface area contributed by atoms with Crippen LogP contribution in [0.5, 0.6) is 0 Å². The zero-order chi connectivity index (χ0) is 31.3. The molecule has 19 atom stereocenters. The Balaban J connectivity index is 1.07. The molecular formula is C36H64N8O2. The van der Waals surface area contributed by atoms with E-state index in [-0.39, 0.29) is 54.0 Å². The molecule has 0 amide bonds. The van der Waals surface area contributed by atoms with E-state index in [0.717, 1.165) is 6.42 Å². The van der Waals surface area contributed by atoms with Crippen LogP contribution in [0, 0.1) is 58.7 Å². The van der Waals surface area contributed by atoms with Gasteiger partial charge in [0.25, 0.3) is 0 Å². The van der Waals surface area contributed by atoms with Gasteiger partial charge in [-0.25, -0.2) is 0 Å². The lowest BCUT2D eigenvalue weighted by Gasteiger charge is -2.47. The predicted octanol–water partition coefficient (Wildman–Crippen LogP) is 1.82. The standard InChI is InChI=1S/C36H64N8O2/c1-36(2,3)24-16-23-25(27(46)26(24)45)35-43-33-22-15-9-8-14-21(22)31(41-33)39-29-18-11-5-4-10-17(18)28(37-29)38-30-19-12-6-7-13-20(19)32(40-30)42-34(23)44-35/h17-35,37-46H,4-16H2,1-3H3. The van der Waals surface area contributed by atoms with Gasteiger partial charge in [-0.1, -0.05) is 59.3 Å². The molecule has 46 heavy (non-hydrogen) atoms. The monoisotopic (exact) mass is 641 g/mol. The Labute approximate surface area is 276 Å². The quantitative estimate of drug-likeness (QED) is 0.191. The van der Waals surface area contributed by atoms with Gasteiger partial charge in [-0.3, -0.25) is 42.5 Å². The Morgan fingerprint density at radius 2 is 0.674 bits per heavy atom. The fourth-order valence-corrected chi connectivity index (χ4v) is 12.9. The molecule has 5 heterocycles. The lowest BCUT2D eigenvalue weighted by Crippen LogP contribution is -2.62. The van der Waals surface area contributed by atoms with Gasteiger partial charge in [0.05, 0.1) is 61.5 Å². The highest BCUT2D eigenvalue weighted by atomic mass is 16.3. The van der Waals surface area contributed by atoms with Gasteiger partial charge in [0.2, 0.25) is 0 Å². The second-order valence-corrected chi connectivity index (χ2v) is 18.4. The molecule has 0 aromatic carbocycles. The number of aliphatic hydroxyl groups is 2. The molecule has 5 saturated heterocycles. The lowest BCUT2D eigenvalue weighted by atomic mass is 9.62. The van der Waals surface area contributed by atoms with Crippen molar-refractivity contribution >= 4 is 0 Å². The zero-order valence-corrected chi connectivity index (χ0v) is 28.6. The third-order valence-electron chi connectivity index (χ3n) is 15.2. The largest absolute Gasteiger partial charge is 0.390 e. The minimum atomic E-state index is -0.754. The first-order valence-electron chi connectivity index (χ1n) is 19.7. The van der Waals surface area contributed by atoms with Gasteiger partial charge in [0, 0.05) is 5.92 Å². The fraction of sp³-hybridized carbons (Fsp3) is 1.00. The van der Waals surface area contributed by atoms with Crippen molar-refractivity contribution in [2.24, 2.45) is 58.7 Å². The van der Waals surface area contributed by atoms with E-state index in [4.69, 9.17) is 0 Å². The normalized spacial score (nSPS) is 56.9. The van der Waals surface area contributed by atoms with Gasteiger partial charge in [0.1, 0.15) is 0 Å². The highest BCUT2D eigenvalue weighted by Gasteiger charge is 2.59. The van der Waals surface area contributed by atoms with Crippen molar-refractivity contribution in [1.29, 1.82) is 0 Å². The number of hydrogen-bond donors (Lipinski definition) is 10. The molecule has 0 aromatic heterocycles. The molecule has 8 bridgehead atoms. The molecule has 4 saturated carbocycles. The van der Waals surface area contributed by atoms with Crippen LogP contribution in [0.4, 0.5) is 0 Å². The van der Waals surface area contributed by atoms with Crippen LogP contribution in [0.2, 0.25) is 0 Å². The molecule has 19 unspecified atom stereocenters. The van der Waals surface area contributed by atoms with Crippen LogP contribution in [-0.4, -0.2) is 71.7 Å². The fourth-order valence-electron chi connectivity index (χ4n) is 12.9. The summed E-state index contributed by atoms with van der Waals surface area (Å²) in [6.45, 7) is 6.69. The van der Waals surface area contributed by atoms with Crippen LogP contribution < -0.4 is 42.5 Å². The van der Waals surface area contributed by atoms with E-state index >= 15 is 0 Å². The van der Waals surface area contributed by atoms with Crippen molar-refractivity contribution in [2.75, 3.05) is 0 Å². The third-order valence-corrected chi connectivity index (χ3v) is 15.2. The second-order valence-electron chi connectivity index (χ2n) is 18.4. The van der Waals surface area contributed by atoms with Gasteiger partial charge in [-0.05, 0) is 97.7 Å². The molecule has 0 spiro atoms. The van der Waals surface area contributed by atoms with Crippen LogP contribution in [0.3, 0.4) is 0 Å². The summed E-state index contributed by atoms with van der Waals surface area (Å²) >= 11 is 0. The summed E-state index contributed by atoms with van der Waals surface area (Å²) in [7, 11) is 0. The van der Waals surface area contributed by atoms with E-state index in [1.54, 1.807) is 0 Å². The Morgan fingerprint density at radius 1 is 0.391 bits per heavy atom. The van der Waals surface area contributed by atoms with Gasteiger partial charge in [0.15, 0.2) is 0 Å². The molecule has 9 fully saturated rings. The molecule has 0 radical (unpaired) electrons. The molecule has 9 rings (SSSR count). The van der Waals surface area contributed by atoms with E-state index in [1.807, 2.05) is 0 Å².